The molecule has 0 fully saturated rings. The van der Waals surface area contributed by atoms with Crippen LogP contribution in [0.5, 0.6) is 0 Å². The highest BCUT2D eigenvalue weighted by Crippen LogP contribution is 2.48. The Labute approximate surface area is 101 Å². The molecule has 5 nitrogen and oxygen atoms in total. The van der Waals surface area contributed by atoms with E-state index in [9.17, 15) is 39.1 Å². The van der Waals surface area contributed by atoms with Crippen LogP contribution in [-0.4, -0.2) is 40.4 Å². The van der Waals surface area contributed by atoms with E-state index >= 15 is 0 Å². The van der Waals surface area contributed by atoms with Crippen LogP contribution in [0.15, 0.2) is 12.7 Å². The normalized spacial score (nSPS) is 19.1. The molecular formula is C6H7F5NO4S2-. The first-order chi connectivity index (χ1) is 7.81. The second-order valence-electron chi connectivity index (χ2n) is 2.88. The number of nitrogens with one attached hydrogen (secondary N) is 1. The third-order valence-corrected chi connectivity index (χ3v) is 4.34. The van der Waals surface area contributed by atoms with E-state index in [2.05, 4.69) is 6.58 Å². The van der Waals surface area contributed by atoms with Crippen molar-refractivity contribution in [2.24, 2.45) is 0 Å². The fraction of sp³-hybridized carbons (Fsp3) is 0.667. The summed E-state index contributed by atoms with van der Waals surface area (Å²) >= 11 is -4.74. The molecule has 0 rings (SSSR count). The second kappa shape index (κ2) is 4.83. The third-order valence-electron chi connectivity index (χ3n) is 1.93. The highest BCUT2D eigenvalue weighted by Gasteiger charge is 2.75. The highest BCUT2D eigenvalue weighted by atomic mass is 32.2. The van der Waals surface area contributed by atoms with Crippen LogP contribution < -0.4 is 4.72 Å². The van der Waals surface area contributed by atoms with E-state index in [0.717, 1.165) is 4.72 Å². The molecule has 0 bridgehead atoms. The summed E-state index contributed by atoms with van der Waals surface area (Å²) in [4.78, 5) is 0. The van der Waals surface area contributed by atoms with Crippen LogP contribution in [0.1, 0.15) is 0 Å². The number of hydrogen-bond acceptors (Lipinski definition) is 4. The van der Waals surface area contributed by atoms with Gasteiger partial charge in [0, 0.05) is 11.1 Å². The SMILES string of the molecule is C=CC(F)(C(F)(F)C(F)(F)S(=O)[O-])S(=O)(=O)NC. The number of sulfonamides is 1. The molecule has 108 valence electrons. The first kappa shape index (κ1) is 17.4. The van der Waals surface area contributed by atoms with Gasteiger partial charge in [0.15, 0.2) is 0 Å². The molecule has 18 heavy (non-hydrogen) atoms. The van der Waals surface area contributed by atoms with Crippen molar-refractivity contribution >= 4 is 21.1 Å². The van der Waals surface area contributed by atoms with E-state index < -0.39 is 43.4 Å². The molecule has 0 aromatic carbocycles. The summed E-state index contributed by atoms with van der Waals surface area (Å²) in [6, 6.07) is 0. The average Bonchev–Trinajstić information content (AvgIpc) is 2.26. The van der Waals surface area contributed by atoms with Crippen molar-refractivity contribution in [1.82, 2.24) is 4.72 Å². The van der Waals surface area contributed by atoms with Crippen LogP contribution in [0.2, 0.25) is 0 Å². The van der Waals surface area contributed by atoms with E-state index in [1.807, 2.05) is 0 Å². The Morgan fingerprint density at radius 1 is 1.28 bits per heavy atom. The molecule has 0 aliphatic carbocycles. The molecule has 0 aromatic rings. The lowest BCUT2D eigenvalue weighted by molar-refractivity contribution is -0.196. The molecule has 0 aromatic heterocycles. The zero-order valence-corrected chi connectivity index (χ0v) is 10.3. The molecule has 0 spiro atoms. The lowest BCUT2D eigenvalue weighted by Gasteiger charge is -2.35. The summed E-state index contributed by atoms with van der Waals surface area (Å²) in [6.07, 6.45) is -0.612. The van der Waals surface area contributed by atoms with Gasteiger partial charge in [-0.15, -0.1) is 0 Å². The quantitative estimate of drug-likeness (QED) is 0.439. The van der Waals surface area contributed by atoms with E-state index in [0.29, 0.717) is 7.05 Å². The molecule has 1 N–H and O–H groups in total. The Morgan fingerprint density at radius 2 is 1.67 bits per heavy atom. The standard InChI is InChI=1S/C6H8F5NO4S2/c1-3-4(7,18(15,16)12-2)5(8,9)6(10,11)17(13)14/h3,12H,1H2,2H3,(H,13,14)/p-1. The monoisotopic (exact) mass is 316 g/mol. The lowest BCUT2D eigenvalue weighted by Crippen LogP contribution is -2.62. The molecule has 2 atom stereocenters. The minimum atomic E-state index is -6.07. The van der Waals surface area contributed by atoms with Gasteiger partial charge in [-0.2, -0.15) is 17.6 Å². The maximum atomic E-state index is 13.7. The molecule has 0 amide bonds. The van der Waals surface area contributed by atoms with Crippen LogP contribution in [0.25, 0.3) is 0 Å². The average molecular weight is 316 g/mol. The summed E-state index contributed by atoms with van der Waals surface area (Å²) < 4.78 is 109. The summed E-state index contributed by atoms with van der Waals surface area (Å²) in [5, 5.41) is -10.9. The van der Waals surface area contributed by atoms with Crippen molar-refractivity contribution in [2.75, 3.05) is 7.05 Å². The minimum Gasteiger partial charge on any atom is -0.768 e. The van der Waals surface area contributed by atoms with E-state index in [4.69, 9.17) is 0 Å². The fourth-order valence-corrected chi connectivity index (χ4v) is 2.26. The fourth-order valence-electron chi connectivity index (χ4n) is 0.858. The Morgan fingerprint density at radius 3 is 1.89 bits per heavy atom. The van der Waals surface area contributed by atoms with E-state index in [-0.39, 0.29) is 0 Å². The van der Waals surface area contributed by atoms with Gasteiger partial charge >= 0.3 is 16.2 Å². The summed E-state index contributed by atoms with van der Waals surface area (Å²) in [5.41, 5.74) is 0. The van der Waals surface area contributed by atoms with Gasteiger partial charge in [-0.1, -0.05) is 6.58 Å². The van der Waals surface area contributed by atoms with Crippen molar-refractivity contribution in [3.63, 3.8) is 0 Å². The van der Waals surface area contributed by atoms with Crippen molar-refractivity contribution in [3.05, 3.63) is 12.7 Å². The summed E-state index contributed by atoms with van der Waals surface area (Å²) in [6.45, 7) is 2.38. The molecular weight excluding hydrogens is 309 g/mol. The first-order valence-electron chi connectivity index (χ1n) is 3.92. The van der Waals surface area contributed by atoms with Crippen molar-refractivity contribution < 1.29 is 39.1 Å². The summed E-state index contributed by atoms with van der Waals surface area (Å²) in [5.74, 6) is -6.07. The number of halogens is 5. The van der Waals surface area contributed by atoms with Gasteiger partial charge in [0.25, 0.3) is 10.0 Å². The zero-order chi connectivity index (χ0) is 15.0. The Kier molecular flexibility index (Phi) is 4.67. The lowest BCUT2D eigenvalue weighted by atomic mass is 10.2. The van der Waals surface area contributed by atoms with Crippen molar-refractivity contribution in [3.8, 4) is 0 Å². The predicted molar refractivity (Wildman–Crippen MR) is 50.8 cm³/mol. The van der Waals surface area contributed by atoms with Gasteiger partial charge in [0.2, 0.25) is 0 Å². The third kappa shape index (κ3) is 2.17. The Hall–Kier alpha value is -0.590. The molecule has 0 aliphatic rings. The molecule has 0 aliphatic heterocycles. The Bertz CT molecular complexity index is 465. The summed E-state index contributed by atoms with van der Waals surface area (Å²) in [7, 11) is -5.14. The molecule has 12 heteroatoms. The predicted octanol–water partition coefficient (Wildman–Crippen LogP) is 0.495. The van der Waals surface area contributed by atoms with Gasteiger partial charge < -0.3 is 4.55 Å². The van der Waals surface area contributed by atoms with Crippen LogP contribution >= 0.6 is 0 Å². The molecule has 0 heterocycles. The molecule has 0 saturated carbocycles. The zero-order valence-electron chi connectivity index (χ0n) is 8.62. The molecule has 0 saturated heterocycles. The van der Waals surface area contributed by atoms with Crippen LogP contribution in [0, 0.1) is 0 Å². The van der Waals surface area contributed by atoms with E-state index in [1.165, 1.54) is 0 Å². The second-order valence-corrected chi connectivity index (χ2v) is 5.87. The highest BCUT2D eigenvalue weighted by molar-refractivity contribution is 7.91. The Balaban J connectivity index is 6.15. The molecule has 0 radical (unpaired) electrons. The van der Waals surface area contributed by atoms with Crippen LogP contribution in [0.3, 0.4) is 0 Å². The topological polar surface area (TPSA) is 86.3 Å². The number of rotatable bonds is 6. The van der Waals surface area contributed by atoms with Gasteiger partial charge in [0.05, 0.1) is 0 Å². The van der Waals surface area contributed by atoms with Crippen molar-refractivity contribution in [1.29, 1.82) is 0 Å². The smallest absolute Gasteiger partial charge is 0.376 e. The van der Waals surface area contributed by atoms with Crippen LogP contribution in [-0.2, 0) is 21.1 Å². The maximum absolute atomic E-state index is 13.7. The maximum Gasteiger partial charge on any atom is 0.376 e. The first-order valence-corrected chi connectivity index (χ1v) is 6.48. The van der Waals surface area contributed by atoms with E-state index in [1.54, 1.807) is 0 Å². The van der Waals surface area contributed by atoms with Gasteiger partial charge in [-0.3, -0.25) is 4.21 Å². The van der Waals surface area contributed by atoms with Gasteiger partial charge in [0.1, 0.15) is 0 Å². The largest absolute Gasteiger partial charge is 0.768 e. The number of hydrogen-bond donors (Lipinski definition) is 1. The molecule has 2 unspecified atom stereocenters. The van der Waals surface area contributed by atoms with Crippen LogP contribution in [0.4, 0.5) is 22.0 Å². The van der Waals surface area contributed by atoms with Crippen molar-refractivity contribution in [2.45, 2.75) is 16.2 Å². The van der Waals surface area contributed by atoms with Gasteiger partial charge in [-0.05, 0) is 13.1 Å². The van der Waals surface area contributed by atoms with Gasteiger partial charge in [-0.25, -0.2) is 17.5 Å². The number of alkyl halides is 5. The minimum absolute atomic E-state index is 0.482.